The van der Waals surface area contributed by atoms with Crippen LogP contribution in [0.3, 0.4) is 0 Å². The average molecular weight is 383 g/mol. The molecule has 0 spiro atoms. The highest BCUT2D eigenvalue weighted by atomic mass is 35.5. The molecule has 1 amide bonds. The third-order valence-corrected chi connectivity index (χ3v) is 6.51. The van der Waals surface area contributed by atoms with Gasteiger partial charge in [-0.1, -0.05) is 13.3 Å². The second-order valence-corrected chi connectivity index (χ2v) is 8.36. The lowest BCUT2D eigenvalue weighted by molar-refractivity contribution is -0.124. The smallest absolute Gasteiger partial charge is 0.238 e. The van der Waals surface area contributed by atoms with E-state index in [-0.39, 0.29) is 24.1 Å². The normalized spacial score (nSPS) is 23.0. The molecule has 2 rings (SSSR count). The topological polar surface area (TPSA) is 81.8 Å². The molecule has 2 saturated heterocycles. The van der Waals surface area contributed by atoms with Crippen molar-refractivity contribution in [3.63, 3.8) is 0 Å². The molecule has 142 valence electrons. The summed E-state index contributed by atoms with van der Waals surface area (Å²) in [7, 11) is -3.31. The van der Waals surface area contributed by atoms with Crippen LogP contribution in [0.2, 0.25) is 0 Å². The summed E-state index contributed by atoms with van der Waals surface area (Å²) >= 11 is 0. The number of amides is 1. The first-order valence-electron chi connectivity index (χ1n) is 8.75. The second-order valence-electron chi connectivity index (χ2n) is 6.32. The number of nitrogens with zero attached hydrogens (tertiary/aromatic N) is 2. The highest BCUT2D eigenvalue weighted by Crippen LogP contribution is 2.22. The van der Waals surface area contributed by atoms with E-state index in [4.69, 9.17) is 0 Å². The molecule has 9 heteroatoms. The highest BCUT2D eigenvalue weighted by Gasteiger charge is 2.37. The van der Waals surface area contributed by atoms with E-state index in [0.717, 1.165) is 45.6 Å². The lowest BCUT2D eigenvalue weighted by Crippen LogP contribution is -2.49. The van der Waals surface area contributed by atoms with Gasteiger partial charge < -0.3 is 10.6 Å². The summed E-state index contributed by atoms with van der Waals surface area (Å²) in [4.78, 5) is 14.7. The summed E-state index contributed by atoms with van der Waals surface area (Å²) in [5, 5.41) is 6.22. The monoisotopic (exact) mass is 382 g/mol. The van der Waals surface area contributed by atoms with Crippen LogP contribution in [0.5, 0.6) is 0 Å². The minimum atomic E-state index is -3.31. The van der Waals surface area contributed by atoms with Crippen molar-refractivity contribution < 1.29 is 13.2 Å². The lowest BCUT2D eigenvalue weighted by atomic mass is 10.2. The van der Waals surface area contributed by atoms with Crippen molar-refractivity contribution in [2.24, 2.45) is 0 Å². The third kappa shape index (κ3) is 6.15. The van der Waals surface area contributed by atoms with Gasteiger partial charge in [-0.3, -0.25) is 9.69 Å². The summed E-state index contributed by atoms with van der Waals surface area (Å²) < 4.78 is 26.1. The molecule has 0 aromatic rings. The first kappa shape index (κ1) is 21.6. The molecular weight excluding hydrogens is 352 g/mol. The Bertz CT molecular complexity index is 483. The largest absolute Gasteiger partial charge is 0.353 e. The number of unbranched alkanes of at least 4 members (excludes halogenated alkanes) is 1. The Morgan fingerprint density at radius 1 is 1.25 bits per heavy atom. The molecule has 0 aliphatic carbocycles. The van der Waals surface area contributed by atoms with E-state index in [2.05, 4.69) is 15.5 Å². The van der Waals surface area contributed by atoms with Crippen LogP contribution in [0.25, 0.3) is 0 Å². The van der Waals surface area contributed by atoms with Crippen LogP contribution in [0, 0.1) is 0 Å². The SMILES string of the molecule is CCCCS(=O)(=O)N1CCCC1C(=O)NCCN1CCNCC1.Cl. The van der Waals surface area contributed by atoms with E-state index in [9.17, 15) is 13.2 Å². The zero-order valence-corrected chi connectivity index (χ0v) is 16.1. The maximum atomic E-state index is 12.4. The van der Waals surface area contributed by atoms with Gasteiger partial charge >= 0.3 is 0 Å². The molecule has 2 aliphatic rings. The molecule has 0 aromatic carbocycles. The first-order valence-corrected chi connectivity index (χ1v) is 10.4. The molecule has 2 heterocycles. The fraction of sp³-hybridized carbons (Fsp3) is 0.933. The van der Waals surface area contributed by atoms with E-state index in [0.29, 0.717) is 25.9 Å². The van der Waals surface area contributed by atoms with E-state index >= 15 is 0 Å². The Balaban J connectivity index is 0.00000288. The number of hydrogen-bond donors (Lipinski definition) is 2. The predicted octanol–water partition coefficient (Wildman–Crippen LogP) is 0.0239. The summed E-state index contributed by atoms with van der Waals surface area (Å²) in [5.74, 6) is 0.00587. The standard InChI is InChI=1S/C15H30N4O3S.ClH/c1-2-3-13-23(21,22)19-9-4-5-14(19)15(20)17-8-12-18-10-6-16-7-11-18;/h14,16H,2-13H2,1H3,(H,17,20);1H. The predicted molar refractivity (Wildman–Crippen MR) is 98.0 cm³/mol. The summed E-state index contributed by atoms with van der Waals surface area (Å²) in [6, 6.07) is -0.514. The van der Waals surface area contributed by atoms with Gasteiger partial charge in [0, 0.05) is 45.8 Å². The molecule has 2 aliphatic heterocycles. The summed E-state index contributed by atoms with van der Waals surface area (Å²) in [6.07, 6.45) is 2.89. The van der Waals surface area contributed by atoms with E-state index in [1.807, 2.05) is 6.92 Å². The molecular formula is C15H31ClN4O3S. The molecule has 0 bridgehead atoms. The second kappa shape index (κ2) is 10.6. The zero-order valence-electron chi connectivity index (χ0n) is 14.5. The summed E-state index contributed by atoms with van der Waals surface area (Å²) in [5.41, 5.74) is 0. The van der Waals surface area contributed by atoms with Crippen LogP contribution in [-0.2, 0) is 14.8 Å². The quantitative estimate of drug-likeness (QED) is 0.618. The van der Waals surface area contributed by atoms with Crippen LogP contribution >= 0.6 is 12.4 Å². The molecule has 0 aromatic heterocycles. The zero-order chi connectivity index (χ0) is 16.7. The number of hydrogen-bond acceptors (Lipinski definition) is 5. The average Bonchev–Trinajstić information content (AvgIpc) is 3.04. The van der Waals surface area contributed by atoms with Crippen LogP contribution < -0.4 is 10.6 Å². The Morgan fingerprint density at radius 3 is 2.62 bits per heavy atom. The van der Waals surface area contributed by atoms with Gasteiger partial charge in [-0.05, 0) is 19.3 Å². The van der Waals surface area contributed by atoms with Crippen LogP contribution in [0.15, 0.2) is 0 Å². The molecule has 0 radical (unpaired) electrons. The highest BCUT2D eigenvalue weighted by molar-refractivity contribution is 7.89. The van der Waals surface area contributed by atoms with Crippen molar-refractivity contribution in [3.8, 4) is 0 Å². The van der Waals surface area contributed by atoms with Crippen molar-refractivity contribution in [3.05, 3.63) is 0 Å². The molecule has 0 saturated carbocycles. The number of carbonyl (C=O) groups excluding carboxylic acids is 1. The van der Waals surface area contributed by atoms with Crippen LogP contribution in [-0.4, -0.2) is 81.1 Å². The van der Waals surface area contributed by atoms with Gasteiger partial charge in [-0.25, -0.2) is 8.42 Å². The Hall–Kier alpha value is -0.410. The Labute approximate surface area is 152 Å². The fourth-order valence-corrected chi connectivity index (χ4v) is 5.05. The van der Waals surface area contributed by atoms with Crippen molar-refractivity contribution in [1.82, 2.24) is 19.8 Å². The van der Waals surface area contributed by atoms with Gasteiger partial charge in [0.1, 0.15) is 6.04 Å². The van der Waals surface area contributed by atoms with Crippen molar-refractivity contribution >= 4 is 28.3 Å². The van der Waals surface area contributed by atoms with E-state index in [1.165, 1.54) is 4.31 Å². The maximum absolute atomic E-state index is 12.4. The van der Waals surface area contributed by atoms with Gasteiger partial charge in [-0.2, -0.15) is 4.31 Å². The van der Waals surface area contributed by atoms with Crippen molar-refractivity contribution in [1.29, 1.82) is 0 Å². The molecule has 2 N–H and O–H groups in total. The summed E-state index contributed by atoms with van der Waals surface area (Å²) in [6.45, 7) is 7.82. The molecule has 2 fully saturated rings. The minimum absolute atomic E-state index is 0. The Morgan fingerprint density at radius 2 is 1.96 bits per heavy atom. The van der Waals surface area contributed by atoms with E-state index < -0.39 is 16.1 Å². The van der Waals surface area contributed by atoms with Crippen molar-refractivity contribution in [2.75, 3.05) is 51.6 Å². The number of rotatable bonds is 8. The van der Waals surface area contributed by atoms with Crippen LogP contribution in [0.4, 0.5) is 0 Å². The number of halogens is 1. The molecule has 24 heavy (non-hydrogen) atoms. The van der Waals surface area contributed by atoms with Crippen LogP contribution in [0.1, 0.15) is 32.6 Å². The molecule has 7 nitrogen and oxygen atoms in total. The Kier molecular flexibility index (Phi) is 9.51. The fourth-order valence-electron chi connectivity index (χ4n) is 3.17. The van der Waals surface area contributed by atoms with Gasteiger partial charge in [0.15, 0.2) is 0 Å². The first-order chi connectivity index (χ1) is 11.0. The van der Waals surface area contributed by atoms with Gasteiger partial charge in [0.2, 0.25) is 15.9 Å². The molecule has 1 atom stereocenters. The van der Waals surface area contributed by atoms with Gasteiger partial charge in [0.05, 0.1) is 5.75 Å². The minimum Gasteiger partial charge on any atom is -0.353 e. The number of nitrogens with one attached hydrogen (secondary N) is 2. The number of sulfonamides is 1. The number of carbonyl (C=O) groups is 1. The van der Waals surface area contributed by atoms with Gasteiger partial charge in [0.25, 0.3) is 0 Å². The number of piperazine rings is 1. The van der Waals surface area contributed by atoms with Gasteiger partial charge in [-0.15, -0.1) is 12.4 Å². The van der Waals surface area contributed by atoms with Crippen molar-refractivity contribution in [2.45, 2.75) is 38.6 Å². The maximum Gasteiger partial charge on any atom is 0.238 e. The molecule has 1 unspecified atom stereocenters. The lowest BCUT2D eigenvalue weighted by Gasteiger charge is -2.28. The van der Waals surface area contributed by atoms with E-state index in [1.54, 1.807) is 0 Å². The third-order valence-electron chi connectivity index (χ3n) is 4.56.